The number of nitrogen functional groups attached to an aromatic ring is 1. The largest absolute Gasteiger partial charge is 0.383 e. The van der Waals surface area contributed by atoms with E-state index in [0.717, 1.165) is 28.4 Å². The Balaban J connectivity index is 2.36. The van der Waals surface area contributed by atoms with Gasteiger partial charge >= 0.3 is 0 Å². The molecule has 0 spiro atoms. The van der Waals surface area contributed by atoms with Crippen molar-refractivity contribution in [1.29, 1.82) is 0 Å². The first-order chi connectivity index (χ1) is 9.54. The number of benzene rings is 1. The zero-order valence-electron chi connectivity index (χ0n) is 12.0. The second-order valence-electron chi connectivity index (χ2n) is 4.76. The van der Waals surface area contributed by atoms with Crippen LogP contribution >= 0.6 is 11.6 Å². The molecule has 0 bridgehead atoms. The zero-order chi connectivity index (χ0) is 14.7. The molecular weight excluding hydrogens is 272 g/mol. The molecule has 0 fully saturated rings. The van der Waals surface area contributed by atoms with Crippen molar-refractivity contribution < 1.29 is 0 Å². The minimum Gasteiger partial charge on any atom is -0.383 e. The fraction of sp³-hybridized carbons (Fsp3) is 0.333. The van der Waals surface area contributed by atoms with Gasteiger partial charge in [0.1, 0.15) is 18.0 Å². The van der Waals surface area contributed by atoms with Crippen LogP contribution in [0.15, 0.2) is 30.6 Å². The van der Waals surface area contributed by atoms with E-state index in [1.54, 1.807) is 0 Å². The molecule has 0 saturated carbocycles. The monoisotopic (exact) mass is 290 g/mol. The van der Waals surface area contributed by atoms with E-state index in [9.17, 15) is 0 Å². The third kappa shape index (κ3) is 2.85. The molecule has 1 atom stereocenters. The summed E-state index contributed by atoms with van der Waals surface area (Å²) in [4.78, 5) is 10.5. The molecule has 1 unspecified atom stereocenters. The first-order valence-electron chi connectivity index (χ1n) is 6.62. The predicted octanol–water partition coefficient (Wildman–Crippen LogP) is 3.47. The Morgan fingerprint density at radius 3 is 2.75 bits per heavy atom. The van der Waals surface area contributed by atoms with Crippen molar-refractivity contribution in [2.75, 3.05) is 17.7 Å². The first-order valence-corrected chi connectivity index (χ1v) is 7.00. The molecular formula is C15H19ClN4. The molecule has 0 radical (unpaired) electrons. The average Bonchev–Trinajstić information content (AvgIpc) is 2.45. The number of rotatable bonds is 4. The Labute approximate surface area is 124 Å². The van der Waals surface area contributed by atoms with Gasteiger partial charge in [0, 0.05) is 17.6 Å². The maximum Gasteiger partial charge on any atom is 0.137 e. The molecule has 20 heavy (non-hydrogen) atoms. The van der Waals surface area contributed by atoms with Crippen LogP contribution in [0, 0.1) is 0 Å². The van der Waals surface area contributed by atoms with Gasteiger partial charge in [-0.2, -0.15) is 0 Å². The van der Waals surface area contributed by atoms with Crippen LogP contribution in [-0.2, 0) is 6.42 Å². The van der Waals surface area contributed by atoms with Gasteiger partial charge in [0.25, 0.3) is 0 Å². The summed E-state index contributed by atoms with van der Waals surface area (Å²) in [6, 6.07) is 8.00. The van der Waals surface area contributed by atoms with E-state index in [0.29, 0.717) is 5.82 Å². The van der Waals surface area contributed by atoms with E-state index in [2.05, 4.69) is 34.8 Å². The van der Waals surface area contributed by atoms with Crippen molar-refractivity contribution in [2.24, 2.45) is 0 Å². The number of hydrogen-bond acceptors (Lipinski definition) is 4. The van der Waals surface area contributed by atoms with Crippen LogP contribution in [0.5, 0.6) is 0 Å². The lowest BCUT2D eigenvalue weighted by atomic mass is 10.1. The van der Waals surface area contributed by atoms with Gasteiger partial charge in [-0.05, 0) is 31.0 Å². The molecule has 1 heterocycles. The number of aromatic nitrogens is 2. The minimum absolute atomic E-state index is 0.147. The van der Waals surface area contributed by atoms with Crippen LogP contribution in [0.1, 0.15) is 31.0 Å². The zero-order valence-corrected chi connectivity index (χ0v) is 12.7. The van der Waals surface area contributed by atoms with Crippen LogP contribution in [0.3, 0.4) is 0 Å². The van der Waals surface area contributed by atoms with E-state index in [-0.39, 0.29) is 6.04 Å². The summed E-state index contributed by atoms with van der Waals surface area (Å²) in [6.45, 7) is 4.17. The van der Waals surface area contributed by atoms with E-state index in [1.165, 1.54) is 6.33 Å². The average molecular weight is 291 g/mol. The van der Waals surface area contributed by atoms with Crippen molar-refractivity contribution in [1.82, 2.24) is 9.97 Å². The first kappa shape index (κ1) is 14.6. The quantitative estimate of drug-likeness (QED) is 0.937. The molecule has 0 saturated heterocycles. The third-order valence-corrected chi connectivity index (χ3v) is 3.79. The summed E-state index contributed by atoms with van der Waals surface area (Å²) < 4.78 is 0. The van der Waals surface area contributed by atoms with Crippen molar-refractivity contribution in [3.05, 3.63) is 46.7 Å². The molecule has 0 aliphatic heterocycles. The van der Waals surface area contributed by atoms with Crippen molar-refractivity contribution in [2.45, 2.75) is 26.3 Å². The molecule has 4 nitrogen and oxygen atoms in total. The van der Waals surface area contributed by atoms with Gasteiger partial charge in [-0.25, -0.2) is 9.97 Å². The van der Waals surface area contributed by atoms with Gasteiger partial charge in [-0.3, -0.25) is 0 Å². The second-order valence-corrected chi connectivity index (χ2v) is 5.19. The van der Waals surface area contributed by atoms with Gasteiger partial charge in [0.15, 0.2) is 0 Å². The third-order valence-electron chi connectivity index (χ3n) is 3.56. The van der Waals surface area contributed by atoms with Crippen LogP contribution in [-0.4, -0.2) is 17.0 Å². The molecule has 106 valence electrons. The summed E-state index contributed by atoms with van der Waals surface area (Å²) in [5.41, 5.74) is 8.05. The van der Waals surface area contributed by atoms with Crippen molar-refractivity contribution >= 4 is 23.2 Å². The summed E-state index contributed by atoms with van der Waals surface area (Å²) >= 11 is 6.06. The van der Waals surface area contributed by atoms with E-state index in [4.69, 9.17) is 17.3 Å². The normalized spacial score (nSPS) is 12.2. The number of nitrogens with zero attached hydrogens (tertiary/aromatic N) is 3. The fourth-order valence-electron chi connectivity index (χ4n) is 2.23. The number of hydrogen-bond donors (Lipinski definition) is 1. The summed E-state index contributed by atoms with van der Waals surface area (Å²) in [6.07, 6.45) is 2.31. The van der Waals surface area contributed by atoms with Crippen LogP contribution < -0.4 is 10.6 Å². The predicted molar refractivity (Wildman–Crippen MR) is 84.1 cm³/mol. The lowest BCUT2D eigenvalue weighted by Crippen LogP contribution is -2.24. The molecule has 2 N–H and O–H groups in total. The number of halogens is 1. The molecule has 0 aliphatic rings. The maximum absolute atomic E-state index is 6.06. The fourth-order valence-corrected chi connectivity index (χ4v) is 2.43. The Kier molecular flexibility index (Phi) is 4.45. The van der Waals surface area contributed by atoms with E-state index >= 15 is 0 Å². The second kappa shape index (κ2) is 6.09. The lowest BCUT2D eigenvalue weighted by molar-refractivity contribution is 0.722. The standard InChI is InChI=1S/C15H19ClN4/c1-4-13-14(17)18-9-19-15(13)20(3)10(2)11-6-5-7-12(16)8-11/h5-10H,4H2,1-3H3,(H2,17,18,19). The van der Waals surface area contributed by atoms with Crippen molar-refractivity contribution in [3.8, 4) is 0 Å². The highest BCUT2D eigenvalue weighted by Crippen LogP contribution is 2.29. The topological polar surface area (TPSA) is 55.0 Å². The highest BCUT2D eigenvalue weighted by atomic mass is 35.5. The Morgan fingerprint density at radius 1 is 1.35 bits per heavy atom. The van der Waals surface area contributed by atoms with E-state index in [1.807, 2.05) is 25.2 Å². The Bertz CT molecular complexity index is 600. The molecule has 0 amide bonds. The van der Waals surface area contributed by atoms with Gasteiger partial charge in [-0.15, -0.1) is 0 Å². The Hall–Kier alpha value is -1.81. The summed E-state index contributed by atoms with van der Waals surface area (Å²) in [5, 5.41) is 0.737. The maximum atomic E-state index is 6.06. The molecule has 5 heteroatoms. The van der Waals surface area contributed by atoms with Crippen LogP contribution in [0.4, 0.5) is 11.6 Å². The SMILES string of the molecule is CCc1c(N)ncnc1N(C)C(C)c1cccc(Cl)c1. The highest BCUT2D eigenvalue weighted by Gasteiger charge is 2.18. The molecule has 1 aromatic carbocycles. The lowest BCUT2D eigenvalue weighted by Gasteiger charge is -2.28. The molecule has 1 aromatic heterocycles. The summed E-state index contributed by atoms with van der Waals surface area (Å²) in [7, 11) is 2.01. The number of nitrogens with two attached hydrogens (primary N) is 1. The van der Waals surface area contributed by atoms with Crippen LogP contribution in [0.2, 0.25) is 5.02 Å². The highest BCUT2D eigenvalue weighted by molar-refractivity contribution is 6.30. The van der Waals surface area contributed by atoms with Gasteiger partial charge in [0.05, 0.1) is 6.04 Å². The Morgan fingerprint density at radius 2 is 2.10 bits per heavy atom. The molecule has 2 rings (SSSR count). The van der Waals surface area contributed by atoms with Gasteiger partial charge in [-0.1, -0.05) is 30.7 Å². The molecule has 2 aromatic rings. The smallest absolute Gasteiger partial charge is 0.137 e. The minimum atomic E-state index is 0.147. The van der Waals surface area contributed by atoms with Gasteiger partial charge in [0.2, 0.25) is 0 Å². The van der Waals surface area contributed by atoms with Gasteiger partial charge < -0.3 is 10.6 Å². The summed E-state index contributed by atoms with van der Waals surface area (Å²) in [5.74, 6) is 1.41. The van der Waals surface area contributed by atoms with E-state index < -0.39 is 0 Å². The number of anilines is 2. The molecule has 0 aliphatic carbocycles. The van der Waals surface area contributed by atoms with Crippen molar-refractivity contribution in [3.63, 3.8) is 0 Å². The van der Waals surface area contributed by atoms with Crippen LogP contribution in [0.25, 0.3) is 0 Å².